The minimum Gasteiger partial charge on any atom is -0.481 e. The van der Waals surface area contributed by atoms with Gasteiger partial charge in [-0.25, -0.2) is 13.8 Å². The highest BCUT2D eigenvalue weighted by atomic mass is 19.1. The van der Waals surface area contributed by atoms with E-state index in [1.807, 2.05) is 0 Å². The number of hydrogen-bond donors (Lipinski definition) is 12. The van der Waals surface area contributed by atoms with Crippen LogP contribution in [0.2, 0.25) is 0 Å². The Balaban J connectivity index is 1.30. The Morgan fingerprint density at radius 3 is 2.31 bits per heavy atom. The van der Waals surface area contributed by atoms with Crippen LogP contribution in [-0.2, 0) is 57.9 Å². The third-order valence-electron chi connectivity index (χ3n) is 10.8. The number of nitrogens with one attached hydrogen (secondary N) is 6. The van der Waals surface area contributed by atoms with Crippen molar-refractivity contribution < 1.29 is 63.1 Å². The molecular formula is C40H56FN15O12. The number of carboxylic acids is 1. The van der Waals surface area contributed by atoms with Crippen LogP contribution in [0, 0.1) is 0 Å². The molecule has 1 aromatic carbocycles. The van der Waals surface area contributed by atoms with Gasteiger partial charge in [0.2, 0.25) is 29.5 Å². The lowest BCUT2D eigenvalue weighted by atomic mass is 9.94. The number of rotatable bonds is 19. The Labute approximate surface area is 387 Å². The molecule has 2 aromatic heterocycles. The smallest absolute Gasteiger partial charge is 0.305 e. The molecule has 2 aliphatic rings. The van der Waals surface area contributed by atoms with Gasteiger partial charge in [0.15, 0.2) is 12.1 Å². The topological polar surface area (TPSA) is 408 Å². The van der Waals surface area contributed by atoms with Crippen molar-refractivity contribution in [1.82, 2.24) is 61.9 Å². The number of halogens is 1. The molecule has 28 heteroatoms. The van der Waals surface area contributed by atoms with E-state index in [4.69, 9.17) is 16.2 Å². The van der Waals surface area contributed by atoms with Crippen LogP contribution in [0.1, 0.15) is 67.6 Å². The standard InChI is InChI=1S/C40H56FN15O12/c41-15-22-18-55(53-51-22)20-30(58)46-16-28-32(61)33(62)34(63)35(68-28)39(67)44-11-5-4-10-27-38(66)49-23(9-6-12-45-40(42)43)36(64)47-17-29(57)48-25(14-31(59)60)37(65)50-24(26-19-56(27)54-52-26)13-21-7-2-1-3-8-21/h1-3,7-8,18-19,23-25,27-28,32-35,61-63H,4-6,9-17,20H2,(H,44,67)(H,46,58)(H,47,64)(H,48,57)(H,49,66)(H,50,65)(H,59,60)(H4,42,43,45)/t23-,24-,25-,27-,28?,32?,33?,34?,35?/m0/s1. The number of aliphatic hydroxyl groups excluding tert-OH is 3. The Morgan fingerprint density at radius 1 is 0.853 bits per heavy atom. The zero-order valence-corrected chi connectivity index (χ0v) is 36.6. The summed E-state index contributed by atoms with van der Waals surface area (Å²) in [4.78, 5) is 95.7. The SMILES string of the molecule is NC(N)=NCCC[C@@H]1NC(=O)[C@H](CCCCNC(=O)C2OC(CNC(=O)Cn3cc(CF)nn3)C(O)C(O)C2O)n2cc(nn2)[C@H](Cc2ccccc2)NC(=O)[C@H](CC(=O)O)NC(=O)CNC1=O. The second-order valence-corrected chi connectivity index (χ2v) is 16.0. The highest BCUT2D eigenvalue weighted by molar-refractivity contribution is 5.94. The van der Waals surface area contributed by atoms with Crippen molar-refractivity contribution in [2.75, 3.05) is 26.2 Å². The van der Waals surface area contributed by atoms with Gasteiger partial charge < -0.3 is 68.5 Å². The number of ether oxygens (including phenoxy) is 1. The maximum absolute atomic E-state index is 14.2. The molecule has 14 N–H and O–H groups in total. The molecule has 1 fully saturated rings. The van der Waals surface area contributed by atoms with Crippen molar-refractivity contribution in [2.45, 2.75) is 113 Å². The monoisotopic (exact) mass is 957 g/mol. The van der Waals surface area contributed by atoms with Crippen LogP contribution >= 0.6 is 0 Å². The number of hydrogen-bond acceptors (Lipinski definition) is 16. The molecule has 2 aliphatic heterocycles. The number of alkyl halides is 1. The van der Waals surface area contributed by atoms with Gasteiger partial charge in [-0.2, -0.15) is 0 Å². The molecule has 5 rings (SSSR count). The summed E-state index contributed by atoms with van der Waals surface area (Å²) in [5.41, 5.74) is 11.8. The van der Waals surface area contributed by atoms with Gasteiger partial charge >= 0.3 is 5.97 Å². The van der Waals surface area contributed by atoms with Crippen molar-refractivity contribution in [2.24, 2.45) is 16.5 Å². The summed E-state index contributed by atoms with van der Waals surface area (Å²) in [5.74, 6) is -6.30. The van der Waals surface area contributed by atoms with E-state index in [2.05, 4.69) is 57.5 Å². The van der Waals surface area contributed by atoms with Gasteiger partial charge in [-0.15, -0.1) is 10.2 Å². The fourth-order valence-electron chi connectivity index (χ4n) is 7.30. The second-order valence-electron chi connectivity index (χ2n) is 16.0. The average molecular weight is 958 g/mol. The lowest BCUT2D eigenvalue weighted by Crippen LogP contribution is -2.63. The van der Waals surface area contributed by atoms with Crippen LogP contribution < -0.4 is 43.4 Å². The molecule has 9 atom stereocenters. The van der Waals surface area contributed by atoms with Crippen LogP contribution in [0.5, 0.6) is 0 Å². The number of carbonyl (C=O) groups excluding carboxylic acids is 6. The number of aromatic nitrogens is 6. The maximum atomic E-state index is 14.2. The summed E-state index contributed by atoms with van der Waals surface area (Å²) < 4.78 is 20.8. The molecular weight excluding hydrogens is 902 g/mol. The summed E-state index contributed by atoms with van der Waals surface area (Å²) in [6.07, 6.45) is -5.72. The fourth-order valence-corrected chi connectivity index (χ4v) is 7.30. The number of guanidine groups is 1. The van der Waals surface area contributed by atoms with E-state index in [0.29, 0.717) is 0 Å². The van der Waals surface area contributed by atoms with Crippen molar-refractivity contribution >= 4 is 47.4 Å². The molecule has 3 aromatic rings. The number of carboxylic acid groups (broad SMARTS) is 1. The van der Waals surface area contributed by atoms with E-state index in [1.165, 1.54) is 17.1 Å². The molecule has 2 bridgehead atoms. The predicted octanol–water partition coefficient (Wildman–Crippen LogP) is -5.14. The third-order valence-corrected chi connectivity index (χ3v) is 10.8. The molecule has 1 saturated heterocycles. The maximum Gasteiger partial charge on any atom is 0.305 e. The lowest BCUT2D eigenvalue weighted by molar-refractivity contribution is -0.219. The Hall–Kier alpha value is -7.17. The number of fused-ring (bicyclic) bond motifs is 2. The summed E-state index contributed by atoms with van der Waals surface area (Å²) in [7, 11) is 0. The first-order chi connectivity index (χ1) is 32.5. The highest BCUT2D eigenvalue weighted by Crippen LogP contribution is 2.23. The summed E-state index contributed by atoms with van der Waals surface area (Å²) in [5, 5.41) is 72.3. The number of aliphatic imine (C=N–C) groups is 1. The Bertz CT molecular complexity index is 2240. The molecule has 27 nitrogen and oxygen atoms in total. The van der Waals surface area contributed by atoms with Gasteiger partial charge in [0.25, 0.3) is 5.91 Å². The van der Waals surface area contributed by atoms with Crippen molar-refractivity contribution in [3.05, 3.63) is 59.7 Å². The number of unbranched alkanes of at least 4 members (excludes halogenated alkanes) is 1. The molecule has 0 saturated carbocycles. The third kappa shape index (κ3) is 15.2. The van der Waals surface area contributed by atoms with Crippen molar-refractivity contribution in [3.63, 3.8) is 0 Å². The van der Waals surface area contributed by atoms with Crippen molar-refractivity contribution in [3.8, 4) is 0 Å². The number of aliphatic carboxylic acids is 1. The molecule has 5 unspecified atom stereocenters. The summed E-state index contributed by atoms with van der Waals surface area (Å²) >= 11 is 0. The minimum atomic E-state index is -1.85. The van der Waals surface area contributed by atoms with Gasteiger partial charge in [-0.05, 0) is 44.1 Å². The summed E-state index contributed by atoms with van der Waals surface area (Å²) in [6, 6.07) is 4.01. The van der Waals surface area contributed by atoms with Crippen LogP contribution in [0.25, 0.3) is 0 Å². The lowest BCUT2D eigenvalue weighted by Gasteiger charge is -2.40. The zero-order chi connectivity index (χ0) is 49.3. The number of nitrogens with zero attached hydrogens (tertiary/aromatic N) is 7. The molecule has 68 heavy (non-hydrogen) atoms. The van der Waals surface area contributed by atoms with Crippen LogP contribution in [0.3, 0.4) is 0 Å². The van der Waals surface area contributed by atoms with E-state index in [1.54, 1.807) is 30.3 Å². The quantitative estimate of drug-likeness (QED) is 0.0304. The van der Waals surface area contributed by atoms with E-state index in [0.717, 1.165) is 10.2 Å². The van der Waals surface area contributed by atoms with Crippen LogP contribution in [0.15, 0.2) is 47.7 Å². The van der Waals surface area contributed by atoms with Gasteiger partial charge in [0, 0.05) is 19.6 Å². The van der Waals surface area contributed by atoms with Gasteiger partial charge in [-0.3, -0.25) is 38.6 Å². The highest BCUT2D eigenvalue weighted by Gasteiger charge is 2.46. The van der Waals surface area contributed by atoms with Gasteiger partial charge in [-0.1, -0.05) is 40.8 Å². The summed E-state index contributed by atoms with van der Waals surface area (Å²) in [6.45, 7) is -2.25. The first-order valence-electron chi connectivity index (χ1n) is 21.6. The molecule has 4 heterocycles. The number of benzene rings is 1. The number of nitrogens with two attached hydrogens (primary N) is 2. The van der Waals surface area contributed by atoms with E-state index >= 15 is 0 Å². The zero-order valence-electron chi connectivity index (χ0n) is 36.6. The first kappa shape index (κ1) is 51.8. The second kappa shape index (κ2) is 25.1. The van der Waals surface area contributed by atoms with Gasteiger partial charge in [0.1, 0.15) is 67.1 Å². The molecule has 0 aliphatic carbocycles. The first-order valence-corrected chi connectivity index (χ1v) is 21.6. The molecule has 370 valence electrons. The van der Waals surface area contributed by atoms with Crippen LogP contribution in [0.4, 0.5) is 4.39 Å². The molecule has 0 spiro atoms. The molecule has 0 radical (unpaired) electrons. The van der Waals surface area contributed by atoms with Crippen LogP contribution in [-0.4, -0.2) is 167 Å². The normalized spacial score (nSPS) is 24.7. The van der Waals surface area contributed by atoms with E-state index in [-0.39, 0.29) is 82.1 Å². The number of amides is 6. The minimum absolute atomic E-state index is 0.0000636. The Morgan fingerprint density at radius 2 is 1.60 bits per heavy atom. The van der Waals surface area contributed by atoms with E-state index < -0.39 is 116 Å². The average Bonchev–Trinajstić information content (AvgIpc) is 3.99. The van der Waals surface area contributed by atoms with E-state index in [9.17, 15) is 58.4 Å². The Kier molecular flexibility index (Phi) is 19.1. The number of carbonyl (C=O) groups is 7. The van der Waals surface area contributed by atoms with Gasteiger partial charge in [0.05, 0.1) is 31.4 Å². The molecule has 6 amide bonds. The fraction of sp³-hybridized carbons (Fsp3) is 0.550. The largest absolute Gasteiger partial charge is 0.481 e. The number of aliphatic hydroxyl groups is 3. The predicted molar refractivity (Wildman–Crippen MR) is 231 cm³/mol. The van der Waals surface area contributed by atoms with Crippen molar-refractivity contribution in [1.29, 1.82) is 0 Å².